The summed E-state index contributed by atoms with van der Waals surface area (Å²) in [5, 5.41) is 0. The third-order valence-electron chi connectivity index (χ3n) is 1.61. The Morgan fingerprint density at radius 3 is 2.44 bits per heavy atom. The van der Waals surface area contributed by atoms with E-state index < -0.39 is 33.5 Å². The van der Waals surface area contributed by atoms with E-state index in [0.717, 1.165) is 12.1 Å². The van der Waals surface area contributed by atoms with Crippen molar-refractivity contribution in [1.82, 2.24) is 4.89 Å². The van der Waals surface area contributed by atoms with Crippen LogP contribution in [0.4, 0.5) is 17.6 Å². The second kappa shape index (κ2) is 5.51. The largest absolute Gasteiger partial charge is 0.413 e. The van der Waals surface area contributed by atoms with Gasteiger partial charge in [0, 0.05) is 0 Å². The first-order valence-corrected chi connectivity index (χ1v) is 6.55. The summed E-state index contributed by atoms with van der Waals surface area (Å²) < 4.78 is 71.1. The molecule has 1 rings (SSSR count). The van der Waals surface area contributed by atoms with Crippen LogP contribution in [-0.4, -0.2) is 21.2 Å². The standard InChI is InChI=1S/C8H6BrF4NO3S/c9-6-2-1-5(3-7(6)10)18(15,16)14-17-4-8(11,12)13/h1-3,14H,4H2. The number of alkyl halides is 3. The third kappa shape index (κ3) is 4.52. The number of sulfonamides is 1. The van der Waals surface area contributed by atoms with E-state index in [1.807, 2.05) is 0 Å². The molecule has 0 aliphatic heterocycles. The lowest BCUT2D eigenvalue weighted by molar-refractivity contribution is -0.181. The average molecular weight is 352 g/mol. The van der Waals surface area contributed by atoms with Crippen molar-refractivity contribution >= 4 is 26.0 Å². The molecule has 0 bridgehead atoms. The Morgan fingerprint density at radius 1 is 1.33 bits per heavy atom. The average Bonchev–Trinajstić information content (AvgIpc) is 2.19. The summed E-state index contributed by atoms with van der Waals surface area (Å²) in [4.78, 5) is 4.49. The molecule has 1 N–H and O–H groups in total. The molecule has 0 saturated heterocycles. The van der Waals surface area contributed by atoms with E-state index in [1.165, 1.54) is 4.89 Å². The Morgan fingerprint density at radius 2 is 1.94 bits per heavy atom. The van der Waals surface area contributed by atoms with Gasteiger partial charge in [-0.05, 0) is 34.1 Å². The molecule has 0 radical (unpaired) electrons. The van der Waals surface area contributed by atoms with Crippen LogP contribution >= 0.6 is 15.9 Å². The van der Waals surface area contributed by atoms with Crippen LogP contribution in [0.2, 0.25) is 0 Å². The summed E-state index contributed by atoms with van der Waals surface area (Å²) >= 11 is 2.80. The van der Waals surface area contributed by atoms with Crippen molar-refractivity contribution in [2.24, 2.45) is 0 Å². The Labute approximate surface area is 108 Å². The Hall–Kier alpha value is -0.710. The monoisotopic (exact) mass is 351 g/mol. The van der Waals surface area contributed by atoms with Gasteiger partial charge in [0.05, 0.1) is 9.37 Å². The van der Waals surface area contributed by atoms with E-state index in [2.05, 4.69) is 20.8 Å². The molecule has 1 aromatic carbocycles. The number of nitrogens with one attached hydrogen (secondary N) is 1. The van der Waals surface area contributed by atoms with Crippen molar-refractivity contribution in [1.29, 1.82) is 0 Å². The van der Waals surface area contributed by atoms with Crippen molar-refractivity contribution in [3.05, 3.63) is 28.5 Å². The Balaban J connectivity index is 2.77. The van der Waals surface area contributed by atoms with Crippen molar-refractivity contribution < 1.29 is 30.8 Å². The van der Waals surface area contributed by atoms with Gasteiger partial charge in [-0.25, -0.2) is 12.8 Å². The quantitative estimate of drug-likeness (QED) is 0.669. The lowest BCUT2D eigenvalue weighted by atomic mass is 10.3. The Bertz CT molecular complexity index is 532. The van der Waals surface area contributed by atoms with Crippen LogP contribution in [0.3, 0.4) is 0 Å². The first-order valence-electron chi connectivity index (χ1n) is 4.27. The van der Waals surface area contributed by atoms with Gasteiger partial charge in [-0.1, -0.05) is 4.89 Å². The van der Waals surface area contributed by atoms with E-state index in [0.29, 0.717) is 6.07 Å². The second-order valence-corrected chi connectivity index (χ2v) is 5.57. The fraction of sp³-hybridized carbons (Fsp3) is 0.250. The van der Waals surface area contributed by atoms with E-state index >= 15 is 0 Å². The summed E-state index contributed by atoms with van der Waals surface area (Å²) in [6.45, 7) is -1.79. The molecule has 1 aromatic rings. The van der Waals surface area contributed by atoms with Crippen molar-refractivity contribution in [3.8, 4) is 0 Å². The van der Waals surface area contributed by atoms with E-state index in [4.69, 9.17) is 0 Å². The molecule has 0 spiro atoms. The molecule has 0 unspecified atom stereocenters. The summed E-state index contributed by atoms with van der Waals surface area (Å²) in [5.41, 5.74) is 0. The zero-order valence-electron chi connectivity index (χ0n) is 8.46. The normalized spacial score (nSPS) is 12.7. The molecule has 18 heavy (non-hydrogen) atoms. The molecule has 0 fully saturated rings. The number of hydrogen-bond donors (Lipinski definition) is 1. The van der Waals surface area contributed by atoms with Crippen LogP contribution in [-0.2, 0) is 14.9 Å². The van der Waals surface area contributed by atoms with Crippen molar-refractivity contribution in [2.45, 2.75) is 11.1 Å². The van der Waals surface area contributed by atoms with Crippen molar-refractivity contribution in [3.63, 3.8) is 0 Å². The number of rotatable bonds is 4. The van der Waals surface area contributed by atoms with Gasteiger partial charge in [-0.15, -0.1) is 0 Å². The van der Waals surface area contributed by atoms with Crippen LogP contribution in [0.15, 0.2) is 27.6 Å². The molecule has 0 aromatic heterocycles. The Kier molecular flexibility index (Phi) is 4.70. The minimum absolute atomic E-state index is 0.0256. The fourth-order valence-electron chi connectivity index (χ4n) is 0.881. The molecule has 0 atom stereocenters. The predicted molar refractivity (Wildman–Crippen MR) is 56.4 cm³/mol. The van der Waals surface area contributed by atoms with Gasteiger partial charge < -0.3 is 0 Å². The molecule has 0 aliphatic rings. The maximum absolute atomic E-state index is 13.1. The van der Waals surface area contributed by atoms with Gasteiger partial charge in [-0.3, -0.25) is 4.84 Å². The smallest absolute Gasteiger partial charge is 0.277 e. The molecular formula is C8H6BrF4NO3S. The highest BCUT2D eigenvalue weighted by Crippen LogP contribution is 2.19. The summed E-state index contributed by atoms with van der Waals surface area (Å²) in [6.07, 6.45) is -4.67. The topological polar surface area (TPSA) is 55.4 Å². The summed E-state index contributed by atoms with van der Waals surface area (Å²) in [7, 11) is -4.36. The lowest BCUT2D eigenvalue weighted by Crippen LogP contribution is -2.29. The molecule has 0 heterocycles. The first kappa shape index (κ1) is 15.3. The van der Waals surface area contributed by atoms with Crippen LogP contribution < -0.4 is 4.89 Å². The minimum atomic E-state index is -4.67. The van der Waals surface area contributed by atoms with Gasteiger partial charge >= 0.3 is 6.18 Å². The van der Waals surface area contributed by atoms with E-state index in [1.54, 1.807) is 0 Å². The van der Waals surface area contributed by atoms with Crippen molar-refractivity contribution in [2.75, 3.05) is 6.61 Å². The fourth-order valence-corrected chi connectivity index (χ4v) is 1.94. The zero-order valence-corrected chi connectivity index (χ0v) is 10.9. The third-order valence-corrected chi connectivity index (χ3v) is 3.46. The predicted octanol–water partition coefficient (Wildman–Crippen LogP) is 2.36. The van der Waals surface area contributed by atoms with Gasteiger partial charge in [0.2, 0.25) is 0 Å². The molecule has 102 valence electrons. The minimum Gasteiger partial charge on any atom is -0.277 e. The highest BCUT2D eigenvalue weighted by Gasteiger charge is 2.29. The van der Waals surface area contributed by atoms with Crippen LogP contribution in [0, 0.1) is 5.82 Å². The maximum atomic E-state index is 13.1. The highest BCUT2D eigenvalue weighted by atomic mass is 79.9. The first-order chi connectivity index (χ1) is 8.12. The molecule has 0 amide bonds. The molecule has 0 aliphatic carbocycles. The van der Waals surface area contributed by atoms with E-state index in [-0.39, 0.29) is 4.47 Å². The molecule has 0 saturated carbocycles. The second-order valence-electron chi connectivity index (χ2n) is 3.07. The van der Waals surface area contributed by atoms with Gasteiger partial charge in [0.1, 0.15) is 5.82 Å². The maximum Gasteiger partial charge on any atom is 0.413 e. The number of halogens is 5. The highest BCUT2D eigenvalue weighted by molar-refractivity contribution is 9.10. The van der Waals surface area contributed by atoms with Crippen LogP contribution in [0.25, 0.3) is 0 Å². The molecule has 10 heteroatoms. The number of benzene rings is 1. The van der Waals surface area contributed by atoms with E-state index in [9.17, 15) is 26.0 Å². The van der Waals surface area contributed by atoms with Gasteiger partial charge in [0.15, 0.2) is 6.61 Å². The SMILES string of the molecule is O=S(=O)(NOCC(F)(F)F)c1ccc(Br)c(F)c1. The van der Waals surface area contributed by atoms with Gasteiger partial charge in [0.25, 0.3) is 10.0 Å². The van der Waals surface area contributed by atoms with Gasteiger partial charge in [-0.2, -0.15) is 13.2 Å². The summed E-state index contributed by atoms with van der Waals surface area (Å²) in [5.74, 6) is -0.867. The summed E-state index contributed by atoms with van der Waals surface area (Å²) in [6, 6.07) is 2.75. The van der Waals surface area contributed by atoms with Crippen LogP contribution in [0.1, 0.15) is 0 Å². The molecule has 4 nitrogen and oxygen atoms in total. The number of hydrogen-bond acceptors (Lipinski definition) is 3. The zero-order chi connectivity index (χ0) is 14.0. The van der Waals surface area contributed by atoms with Crippen LogP contribution in [0.5, 0.6) is 0 Å². The lowest BCUT2D eigenvalue weighted by Gasteiger charge is -2.09. The molecular weight excluding hydrogens is 346 g/mol.